The second kappa shape index (κ2) is 4.66. The lowest BCUT2D eigenvalue weighted by atomic mass is 10.4. The minimum atomic E-state index is -3.25. The van der Waals surface area contributed by atoms with Crippen LogP contribution in [0.1, 0.15) is 0 Å². The zero-order valence-electron chi connectivity index (χ0n) is 6.57. The van der Waals surface area contributed by atoms with Gasteiger partial charge in [0.05, 0.1) is 25.5 Å². The summed E-state index contributed by atoms with van der Waals surface area (Å²) in [5.74, 6) is 0. The average Bonchev–Trinajstić information content (AvgIpc) is 1.84. The van der Waals surface area contributed by atoms with Crippen LogP contribution in [0.15, 0.2) is 0 Å². The van der Waals surface area contributed by atoms with Crippen molar-refractivity contribution in [3.8, 4) is 0 Å². The maximum Gasteiger partial charge on any atom is 0.209 e. The molecule has 0 spiro atoms. The van der Waals surface area contributed by atoms with Crippen LogP contribution in [0.3, 0.4) is 0 Å². The molecule has 0 bridgehead atoms. The molecular formula is C5H13NO4S. The summed E-state index contributed by atoms with van der Waals surface area (Å²) in [6, 6.07) is -0.546. The lowest BCUT2D eigenvalue weighted by Gasteiger charge is -2.12. The Kier molecular flexibility index (Phi) is 4.58. The van der Waals surface area contributed by atoms with E-state index in [1.165, 1.54) is 7.11 Å². The molecule has 0 saturated heterocycles. The van der Waals surface area contributed by atoms with Gasteiger partial charge in [-0.2, -0.15) is 0 Å². The highest BCUT2D eigenvalue weighted by Gasteiger charge is 2.11. The Hall–Kier alpha value is -0.170. The maximum absolute atomic E-state index is 10.6. The van der Waals surface area contributed by atoms with Gasteiger partial charge in [-0.3, -0.25) is 0 Å². The average molecular weight is 183 g/mol. The van der Waals surface area contributed by atoms with E-state index < -0.39 is 16.1 Å². The van der Waals surface area contributed by atoms with Crippen molar-refractivity contribution in [3.63, 3.8) is 0 Å². The third kappa shape index (κ3) is 6.24. The van der Waals surface area contributed by atoms with Crippen LogP contribution in [0, 0.1) is 0 Å². The summed E-state index contributed by atoms with van der Waals surface area (Å²) in [5.41, 5.74) is 0. The van der Waals surface area contributed by atoms with E-state index >= 15 is 0 Å². The van der Waals surface area contributed by atoms with E-state index in [0.29, 0.717) is 0 Å². The number of sulfonamides is 1. The van der Waals surface area contributed by atoms with Crippen molar-refractivity contribution in [1.29, 1.82) is 0 Å². The van der Waals surface area contributed by atoms with Crippen LogP contribution in [0.4, 0.5) is 0 Å². The summed E-state index contributed by atoms with van der Waals surface area (Å²) in [6.45, 7) is -0.0928. The third-order valence-electron chi connectivity index (χ3n) is 0.969. The molecule has 0 amide bonds. The van der Waals surface area contributed by atoms with Gasteiger partial charge in [0.25, 0.3) is 0 Å². The van der Waals surface area contributed by atoms with E-state index in [1.54, 1.807) is 0 Å². The minimum absolute atomic E-state index is 0.170. The van der Waals surface area contributed by atoms with Gasteiger partial charge < -0.3 is 9.84 Å². The summed E-state index contributed by atoms with van der Waals surface area (Å²) in [4.78, 5) is 0. The van der Waals surface area contributed by atoms with Crippen LogP contribution in [0.5, 0.6) is 0 Å². The van der Waals surface area contributed by atoms with Gasteiger partial charge in [0, 0.05) is 7.11 Å². The van der Waals surface area contributed by atoms with Gasteiger partial charge in [-0.05, 0) is 0 Å². The van der Waals surface area contributed by atoms with Gasteiger partial charge in [0.2, 0.25) is 10.0 Å². The highest BCUT2D eigenvalue weighted by Crippen LogP contribution is 1.86. The largest absolute Gasteiger partial charge is 0.395 e. The summed E-state index contributed by atoms with van der Waals surface area (Å²) in [7, 11) is -1.81. The predicted molar refractivity (Wildman–Crippen MR) is 40.7 cm³/mol. The molecule has 0 aliphatic carbocycles. The first-order valence-electron chi connectivity index (χ1n) is 3.06. The first-order chi connectivity index (χ1) is 4.99. The standard InChI is InChI=1S/C5H13NO4S/c1-10-4-5(3-7)6-11(2,8)9/h5-7H,3-4H2,1-2H3. The van der Waals surface area contributed by atoms with E-state index in [9.17, 15) is 8.42 Å². The quantitative estimate of drug-likeness (QED) is 0.546. The molecule has 1 atom stereocenters. The molecule has 0 fully saturated rings. The van der Waals surface area contributed by atoms with Crippen LogP contribution >= 0.6 is 0 Å². The zero-order valence-corrected chi connectivity index (χ0v) is 7.39. The van der Waals surface area contributed by atoms with Crippen LogP contribution in [0.25, 0.3) is 0 Å². The van der Waals surface area contributed by atoms with Gasteiger partial charge in [-0.15, -0.1) is 0 Å². The van der Waals surface area contributed by atoms with Crippen molar-refractivity contribution in [3.05, 3.63) is 0 Å². The van der Waals surface area contributed by atoms with Crippen molar-refractivity contribution < 1.29 is 18.3 Å². The fraction of sp³-hybridized carbons (Fsp3) is 1.00. The molecule has 68 valence electrons. The highest BCUT2D eigenvalue weighted by molar-refractivity contribution is 7.88. The third-order valence-corrected chi connectivity index (χ3v) is 1.73. The molecule has 0 aromatic heterocycles. The van der Waals surface area contributed by atoms with E-state index in [-0.39, 0.29) is 13.2 Å². The van der Waals surface area contributed by atoms with Crippen LogP contribution < -0.4 is 4.72 Å². The Morgan fingerprint density at radius 3 is 2.45 bits per heavy atom. The zero-order chi connectivity index (χ0) is 8.91. The SMILES string of the molecule is COCC(CO)NS(C)(=O)=O. The number of hydrogen-bond donors (Lipinski definition) is 2. The monoisotopic (exact) mass is 183 g/mol. The Labute approximate surface area is 66.4 Å². The molecule has 0 saturated carbocycles. The van der Waals surface area contributed by atoms with E-state index in [4.69, 9.17) is 5.11 Å². The summed E-state index contributed by atoms with van der Waals surface area (Å²) in [6.07, 6.45) is 1.03. The first-order valence-corrected chi connectivity index (χ1v) is 4.96. The molecule has 0 aromatic rings. The molecule has 6 heteroatoms. The van der Waals surface area contributed by atoms with Crippen molar-refractivity contribution in [2.24, 2.45) is 0 Å². The second-order valence-electron chi connectivity index (χ2n) is 2.22. The lowest BCUT2D eigenvalue weighted by Crippen LogP contribution is -2.39. The first kappa shape index (κ1) is 10.8. The van der Waals surface area contributed by atoms with Crippen molar-refractivity contribution in [1.82, 2.24) is 4.72 Å². The smallest absolute Gasteiger partial charge is 0.209 e. The van der Waals surface area contributed by atoms with E-state index in [0.717, 1.165) is 6.26 Å². The van der Waals surface area contributed by atoms with Crippen molar-refractivity contribution >= 4 is 10.0 Å². The number of aliphatic hydroxyl groups is 1. The molecule has 11 heavy (non-hydrogen) atoms. The Balaban J connectivity index is 3.88. The van der Waals surface area contributed by atoms with E-state index in [1.807, 2.05) is 0 Å². The van der Waals surface area contributed by atoms with Gasteiger partial charge in [0.15, 0.2) is 0 Å². The molecule has 0 radical (unpaired) electrons. The lowest BCUT2D eigenvalue weighted by molar-refractivity contribution is 0.139. The highest BCUT2D eigenvalue weighted by atomic mass is 32.2. The maximum atomic E-state index is 10.6. The predicted octanol–water partition coefficient (Wildman–Crippen LogP) is -1.46. The molecule has 0 aliphatic rings. The molecule has 0 heterocycles. The molecule has 0 aromatic carbocycles. The topological polar surface area (TPSA) is 75.6 Å². The Bertz CT molecular complexity index is 189. The fourth-order valence-electron chi connectivity index (χ4n) is 0.628. The number of hydrogen-bond acceptors (Lipinski definition) is 4. The molecule has 1 unspecified atom stereocenters. The van der Waals surface area contributed by atoms with Crippen molar-refractivity contribution in [2.75, 3.05) is 26.6 Å². The van der Waals surface area contributed by atoms with Crippen molar-refractivity contribution in [2.45, 2.75) is 6.04 Å². The second-order valence-corrected chi connectivity index (χ2v) is 4.00. The number of rotatable bonds is 5. The van der Waals surface area contributed by atoms with Gasteiger partial charge in [0.1, 0.15) is 0 Å². The Morgan fingerprint density at radius 2 is 2.18 bits per heavy atom. The Morgan fingerprint density at radius 1 is 1.64 bits per heavy atom. The summed E-state index contributed by atoms with van der Waals surface area (Å²) >= 11 is 0. The number of nitrogens with one attached hydrogen (secondary N) is 1. The number of methoxy groups -OCH3 is 1. The normalized spacial score (nSPS) is 14.8. The van der Waals surface area contributed by atoms with Gasteiger partial charge >= 0.3 is 0 Å². The van der Waals surface area contributed by atoms with E-state index in [2.05, 4.69) is 9.46 Å². The number of aliphatic hydroxyl groups excluding tert-OH is 1. The van der Waals surface area contributed by atoms with Gasteiger partial charge in [-0.1, -0.05) is 0 Å². The molecule has 0 aliphatic heterocycles. The minimum Gasteiger partial charge on any atom is -0.395 e. The number of ether oxygens (including phenoxy) is 1. The van der Waals surface area contributed by atoms with Crippen LogP contribution in [-0.4, -0.2) is 46.1 Å². The van der Waals surface area contributed by atoms with Crippen LogP contribution in [-0.2, 0) is 14.8 Å². The van der Waals surface area contributed by atoms with Crippen LogP contribution in [0.2, 0.25) is 0 Å². The molecule has 0 rings (SSSR count). The molecular weight excluding hydrogens is 170 g/mol. The van der Waals surface area contributed by atoms with Gasteiger partial charge in [-0.25, -0.2) is 13.1 Å². The summed E-state index contributed by atoms with van der Waals surface area (Å²) in [5, 5.41) is 8.61. The fourth-order valence-corrected chi connectivity index (χ4v) is 1.38. The molecule has 2 N–H and O–H groups in total. The summed E-state index contributed by atoms with van der Waals surface area (Å²) < 4.78 is 28.1. The molecule has 5 nitrogen and oxygen atoms in total.